The van der Waals surface area contributed by atoms with Crippen molar-refractivity contribution in [3.05, 3.63) is 11.6 Å². The highest BCUT2D eigenvalue weighted by Gasteiger charge is 2.30. The van der Waals surface area contributed by atoms with Crippen molar-refractivity contribution in [2.24, 2.45) is 5.41 Å². The van der Waals surface area contributed by atoms with E-state index in [2.05, 4.69) is 25.5 Å². The molecule has 0 fully saturated rings. The fourth-order valence-corrected chi connectivity index (χ4v) is 3.51. The third-order valence-electron chi connectivity index (χ3n) is 3.71. The summed E-state index contributed by atoms with van der Waals surface area (Å²) in [4.78, 5) is 11.1. The van der Waals surface area contributed by atoms with E-state index < -0.39 is 16.2 Å². The number of hydrogen-bond acceptors (Lipinski definition) is 4. The number of carbonyl (C=O) groups is 1. The lowest BCUT2D eigenvalue weighted by Gasteiger charge is -2.33. The minimum atomic E-state index is -3.52. The van der Waals surface area contributed by atoms with Gasteiger partial charge in [0.05, 0.1) is 13.5 Å². The third-order valence-corrected chi connectivity index (χ3v) is 5.67. The number of hydrogen-bond donors (Lipinski definition) is 0. The van der Waals surface area contributed by atoms with Crippen molar-refractivity contribution in [2.45, 2.75) is 33.6 Å². The number of nitrogens with zero attached hydrogens (tertiary/aromatic N) is 2. The predicted octanol–water partition coefficient (Wildman–Crippen LogP) is 1.40. The number of methoxy groups -OCH3 is 1. The van der Waals surface area contributed by atoms with Crippen LogP contribution in [0.15, 0.2) is 11.6 Å². The van der Waals surface area contributed by atoms with E-state index in [0.717, 1.165) is 6.42 Å². The number of ether oxygens (including phenoxy) is 1. The molecule has 0 saturated heterocycles. The van der Waals surface area contributed by atoms with Crippen molar-refractivity contribution in [3.63, 3.8) is 0 Å². The summed E-state index contributed by atoms with van der Waals surface area (Å²) >= 11 is 0. The molecule has 0 aromatic carbocycles. The largest absolute Gasteiger partial charge is 0.469 e. The van der Waals surface area contributed by atoms with Crippen LogP contribution in [0.1, 0.15) is 33.6 Å². The molecule has 0 N–H and O–H groups in total. The van der Waals surface area contributed by atoms with E-state index in [9.17, 15) is 13.2 Å². The Labute approximate surface area is 127 Å². The molecule has 0 bridgehead atoms. The minimum Gasteiger partial charge on any atom is -0.469 e. The Morgan fingerprint density at radius 3 is 2.48 bits per heavy atom. The van der Waals surface area contributed by atoms with Gasteiger partial charge in [-0.3, -0.25) is 4.79 Å². The first-order valence-electron chi connectivity index (χ1n) is 7.06. The summed E-state index contributed by atoms with van der Waals surface area (Å²) in [6.45, 7) is 7.38. The molecule has 0 aromatic heterocycles. The Hall–Kier alpha value is -0.920. The van der Waals surface area contributed by atoms with Gasteiger partial charge in [-0.05, 0) is 11.8 Å². The monoisotopic (exact) mass is 318 g/mol. The van der Waals surface area contributed by atoms with Crippen LogP contribution in [0.25, 0.3) is 0 Å². The Balaban J connectivity index is 2.68. The first kappa shape index (κ1) is 18.1. The minimum absolute atomic E-state index is 0.0587. The maximum Gasteiger partial charge on any atom is 0.306 e. The molecule has 7 heteroatoms. The van der Waals surface area contributed by atoms with Gasteiger partial charge in [0.15, 0.2) is 0 Å². The summed E-state index contributed by atoms with van der Waals surface area (Å²) in [5.41, 5.74) is 1.36. The van der Waals surface area contributed by atoms with Crippen molar-refractivity contribution in [1.29, 1.82) is 0 Å². The fraction of sp³-hybridized carbons (Fsp3) is 0.786. The Kier molecular flexibility index (Phi) is 5.95. The second-order valence-corrected chi connectivity index (χ2v) is 8.28. The molecule has 0 spiro atoms. The van der Waals surface area contributed by atoms with Crippen molar-refractivity contribution in [1.82, 2.24) is 8.61 Å². The summed E-state index contributed by atoms with van der Waals surface area (Å²) in [5, 5.41) is 0. The fourth-order valence-electron chi connectivity index (χ4n) is 2.20. The van der Waals surface area contributed by atoms with Gasteiger partial charge in [-0.25, -0.2) is 0 Å². The van der Waals surface area contributed by atoms with Gasteiger partial charge in [0.1, 0.15) is 0 Å². The van der Waals surface area contributed by atoms with Crippen LogP contribution >= 0.6 is 0 Å². The first-order valence-corrected chi connectivity index (χ1v) is 8.46. The summed E-state index contributed by atoms with van der Waals surface area (Å²) in [5.74, 6) is -0.411. The van der Waals surface area contributed by atoms with Crippen LogP contribution in [0.4, 0.5) is 0 Å². The Bertz CT molecular complexity index is 506. The number of esters is 1. The summed E-state index contributed by atoms with van der Waals surface area (Å²) in [6, 6.07) is 0. The van der Waals surface area contributed by atoms with Gasteiger partial charge >= 0.3 is 5.97 Å². The SMILES string of the molecule is COC(=O)CCN(C)S(=O)(=O)N1CC=C(C(C)(C)C)CC1. The molecule has 0 unspecified atom stereocenters. The van der Waals surface area contributed by atoms with E-state index in [1.807, 2.05) is 6.08 Å². The van der Waals surface area contributed by atoms with Crippen LogP contribution in [0.3, 0.4) is 0 Å². The van der Waals surface area contributed by atoms with Gasteiger partial charge in [-0.2, -0.15) is 17.0 Å². The van der Waals surface area contributed by atoms with Gasteiger partial charge < -0.3 is 4.74 Å². The van der Waals surface area contributed by atoms with Crippen LogP contribution in [-0.4, -0.2) is 56.8 Å². The molecule has 0 atom stereocenters. The molecule has 0 aliphatic carbocycles. The molecule has 1 aliphatic rings. The summed E-state index contributed by atoms with van der Waals surface area (Å²) in [7, 11) is -0.741. The molecule has 0 saturated carbocycles. The average molecular weight is 318 g/mol. The zero-order valence-electron chi connectivity index (χ0n) is 13.5. The van der Waals surface area contributed by atoms with Crippen molar-refractivity contribution in [3.8, 4) is 0 Å². The maximum absolute atomic E-state index is 12.4. The van der Waals surface area contributed by atoms with Crippen LogP contribution in [0.5, 0.6) is 0 Å². The molecule has 122 valence electrons. The van der Waals surface area contributed by atoms with E-state index in [1.165, 1.54) is 28.3 Å². The summed E-state index contributed by atoms with van der Waals surface area (Å²) in [6.07, 6.45) is 2.80. The lowest BCUT2D eigenvalue weighted by molar-refractivity contribution is -0.140. The van der Waals surface area contributed by atoms with Crippen molar-refractivity contribution >= 4 is 16.2 Å². The highest BCUT2D eigenvalue weighted by atomic mass is 32.2. The van der Waals surface area contributed by atoms with Gasteiger partial charge in [0, 0.05) is 26.7 Å². The van der Waals surface area contributed by atoms with Crippen LogP contribution < -0.4 is 0 Å². The van der Waals surface area contributed by atoms with Crippen LogP contribution in [0, 0.1) is 5.41 Å². The topological polar surface area (TPSA) is 66.9 Å². The van der Waals surface area contributed by atoms with Crippen LogP contribution in [-0.2, 0) is 19.7 Å². The highest BCUT2D eigenvalue weighted by molar-refractivity contribution is 7.86. The molecule has 1 heterocycles. The standard InChI is InChI=1S/C14H26N2O4S/c1-14(2,3)12-6-10-16(11-7-12)21(18,19)15(4)9-8-13(17)20-5/h6H,7-11H2,1-5H3. The van der Waals surface area contributed by atoms with Crippen molar-refractivity contribution < 1.29 is 17.9 Å². The molecule has 0 aromatic rings. The third kappa shape index (κ3) is 4.79. The Morgan fingerprint density at radius 2 is 2.05 bits per heavy atom. The van der Waals surface area contributed by atoms with E-state index in [1.54, 1.807) is 0 Å². The molecular weight excluding hydrogens is 292 g/mol. The van der Waals surface area contributed by atoms with Gasteiger partial charge in [-0.15, -0.1) is 0 Å². The quantitative estimate of drug-likeness (QED) is 0.568. The van der Waals surface area contributed by atoms with Gasteiger partial charge in [0.2, 0.25) is 0 Å². The van der Waals surface area contributed by atoms with Crippen LogP contribution in [0.2, 0.25) is 0 Å². The summed E-state index contributed by atoms with van der Waals surface area (Å²) < 4.78 is 32.0. The number of rotatable bonds is 5. The van der Waals surface area contributed by atoms with Gasteiger partial charge in [-0.1, -0.05) is 32.4 Å². The number of carbonyl (C=O) groups excluding carboxylic acids is 1. The second-order valence-electron chi connectivity index (χ2n) is 6.24. The zero-order chi connectivity index (χ0) is 16.3. The van der Waals surface area contributed by atoms with E-state index in [0.29, 0.717) is 13.1 Å². The molecule has 0 amide bonds. The lowest BCUT2D eigenvalue weighted by atomic mass is 9.83. The zero-order valence-corrected chi connectivity index (χ0v) is 14.4. The first-order chi connectivity index (χ1) is 9.59. The van der Waals surface area contributed by atoms with E-state index in [-0.39, 0.29) is 18.4 Å². The molecule has 6 nitrogen and oxygen atoms in total. The molecule has 21 heavy (non-hydrogen) atoms. The second kappa shape index (κ2) is 6.89. The Morgan fingerprint density at radius 1 is 1.43 bits per heavy atom. The smallest absolute Gasteiger partial charge is 0.306 e. The highest BCUT2D eigenvalue weighted by Crippen LogP contribution is 2.30. The lowest BCUT2D eigenvalue weighted by Crippen LogP contribution is -2.45. The molecule has 1 rings (SSSR count). The molecule has 0 radical (unpaired) electrons. The van der Waals surface area contributed by atoms with E-state index >= 15 is 0 Å². The normalized spacial score (nSPS) is 17.7. The average Bonchev–Trinajstić information content (AvgIpc) is 2.43. The molecule has 1 aliphatic heterocycles. The molecular formula is C14H26N2O4S. The van der Waals surface area contributed by atoms with Gasteiger partial charge in [0.25, 0.3) is 10.2 Å². The predicted molar refractivity (Wildman–Crippen MR) is 81.9 cm³/mol. The maximum atomic E-state index is 12.4. The van der Waals surface area contributed by atoms with Crippen molar-refractivity contribution in [2.75, 3.05) is 33.8 Å². The van der Waals surface area contributed by atoms with E-state index in [4.69, 9.17) is 0 Å².